The highest BCUT2D eigenvalue weighted by Gasteiger charge is 2.36. The number of benzene rings is 1. The van der Waals surface area contributed by atoms with Crippen molar-refractivity contribution in [2.75, 3.05) is 41.3 Å². The predicted molar refractivity (Wildman–Crippen MR) is 133 cm³/mol. The van der Waals surface area contributed by atoms with Gasteiger partial charge >= 0.3 is 6.18 Å². The maximum Gasteiger partial charge on any atom is 0.419 e. The molecule has 192 valence electrons. The summed E-state index contributed by atoms with van der Waals surface area (Å²) in [6.45, 7) is 7.57. The molecule has 10 heteroatoms. The Labute approximate surface area is 208 Å². The molecule has 0 radical (unpaired) electrons. The maximum atomic E-state index is 13.7. The van der Waals surface area contributed by atoms with Gasteiger partial charge in [-0.3, -0.25) is 0 Å². The Bertz CT molecular complexity index is 1190. The topological polar surface area (TPSA) is 57.2 Å². The van der Waals surface area contributed by atoms with Gasteiger partial charge in [-0.15, -0.1) is 0 Å². The SMILES string of the molecule is CCC(C)Nc1nc(Cc2ccc(F)c(C)c2)cc(N2CCN(c3ncccc3C(F)(F)F)CC2)n1. The third-order valence-electron chi connectivity index (χ3n) is 6.36. The summed E-state index contributed by atoms with van der Waals surface area (Å²) in [5.74, 6) is 0.920. The van der Waals surface area contributed by atoms with Crippen LogP contribution in [0.25, 0.3) is 0 Å². The second kappa shape index (κ2) is 10.7. The van der Waals surface area contributed by atoms with Crippen LogP contribution in [-0.2, 0) is 12.6 Å². The number of anilines is 3. The first kappa shape index (κ1) is 25.7. The Morgan fingerprint density at radius 3 is 2.42 bits per heavy atom. The fourth-order valence-electron chi connectivity index (χ4n) is 4.17. The molecule has 1 aromatic carbocycles. The quantitative estimate of drug-likeness (QED) is 0.433. The zero-order valence-electron chi connectivity index (χ0n) is 20.6. The van der Waals surface area contributed by atoms with Crippen molar-refractivity contribution in [3.05, 3.63) is 70.8 Å². The third kappa shape index (κ3) is 6.03. The van der Waals surface area contributed by atoms with E-state index in [-0.39, 0.29) is 17.7 Å². The highest BCUT2D eigenvalue weighted by molar-refractivity contribution is 5.52. The summed E-state index contributed by atoms with van der Waals surface area (Å²) in [6.07, 6.45) is -1.67. The van der Waals surface area contributed by atoms with Crippen LogP contribution in [0.15, 0.2) is 42.6 Å². The smallest absolute Gasteiger partial charge is 0.353 e. The maximum absolute atomic E-state index is 13.7. The summed E-state index contributed by atoms with van der Waals surface area (Å²) in [4.78, 5) is 17.1. The van der Waals surface area contributed by atoms with Gasteiger partial charge < -0.3 is 15.1 Å². The standard InChI is InChI=1S/C26H30F4N6/c1-4-18(3)32-25-33-20(15-19-7-8-22(27)17(2)14-19)16-23(34-25)35-10-12-36(13-11-35)24-21(26(28,29)30)6-5-9-31-24/h5-9,14,16,18H,4,10-13,15H2,1-3H3,(H,32,33,34). The molecule has 2 aromatic heterocycles. The van der Waals surface area contributed by atoms with E-state index in [2.05, 4.69) is 27.1 Å². The summed E-state index contributed by atoms with van der Waals surface area (Å²) >= 11 is 0. The van der Waals surface area contributed by atoms with Gasteiger partial charge in [0.1, 0.15) is 17.5 Å². The molecule has 1 saturated heterocycles. The van der Waals surface area contributed by atoms with E-state index >= 15 is 0 Å². The monoisotopic (exact) mass is 502 g/mol. The zero-order chi connectivity index (χ0) is 25.9. The van der Waals surface area contributed by atoms with Gasteiger partial charge in [-0.2, -0.15) is 18.2 Å². The number of aromatic nitrogens is 3. The molecule has 4 rings (SSSR count). The lowest BCUT2D eigenvalue weighted by Crippen LogP contribution is -2.47. The van der Waals surface area contributed by atoms with Gasteiger partial charge in [0.25, 0.3) is 0 Å². The second-order valence-corrected chi connectivity index (χ2v) is 9.10. The number of pyridine rings is 1. The number of nitrogens with zero attached hydrogens (tertiary/aromatic N) is 5. The summed E-state index contributed by atoms with van der Waals surface area (Å²) in [5, 5.41) is 3.32. The van der Waals surface area contributed by atoms with E-state index in [1.165, 1.54) is 18.3 Å². The van der Waals surface area contributed by atoms with E-state index in [1.54, 1.807) is 17.9 Å². The number of hydrogen-bond acceptors (Lipinski definition) is 6. The highest BCUT2D eigenvalue weighted by Crippen LogP contribution is 2.35. The molecular formula is C26H30F4N6. The lowest BCUT2D eigenvalue weighted by Gasteiger charge is -2.37. The van der Waals surface area contributed by atoms with E-state index in [0.717, 1.165) is 23.7 Å². The molecule has 6 nitrogen and oxygen atoms in total. The molecule has 1 aliphatic rings. The Morgan fingerprint density at radius 1 is 1.03 bits per heavy atom. The molecule has 0 bridgehead atoms. The van der Waals surface area contributed by atoms with Gasteiger partial charge in [0.2, 0.25) is 5.95 Å². The fraction of sp³-hybridized carbons (Fsp3) is 0.423. The summed E-state index contributed by atoms with van der Waals surface area (Å²) in [6, 6.07) is 9.45. The average molecular weight is 503 g/mol. The van der Waals surface area contributed by atoms with E-state index in [4.69, 9.17) is 4.98 Å². The van der Waals surface area contributed by atoms with E-state index in [1.807, 2.05) is 19.1 Å². The number of halogens is 4. The molecule has 1 atom stereocenters. The molecule has 3 aromatic rings. The van der Waals surface area contributed by atoms with Crippen LogP contribution in [0.4, 0.5) is 35.1 Å². The van der Waals surface area contributed by atoms with Gasteiger partial charge in [-0.05, 0) is 49.6 Å². The highest BCUT2D eigenvalue weighted by atomic mass is 19.4. The van der Waals surface area contributed by atoms with Gasteiger partial charge in [-0.25, -0.2) is 14.4 Å². The number of alkyl halides is 3. The lowest BCUT2D eigenvalue weighted by atomic mass is 10.1. The minimum Gasteiger partial charge on any atom is -0.353 e. The summed E-state index contributed by atoms with van der Waals surface area (Å²) in [5.41, 5.74) is 1.57. The molecule has 3 heterocycles. The van der Waals surface area contributed by atoms with Crippen LogP contribution in [0.5, 0.6) is 0 Å². The van der Waals surface area contributed by atoms with Gasteiger partial charge in [-0.1, -0.05) is 19.1 Å². The minimum absolute atomic E-state index is 0.0427. The normalized spacial score (nSPS) is 15.2. The zero-order valence-corrected chi connectivity index (χ0v) is 20.6. The van der Waals surface area contributed by atoms with Crippen molar-refractivity contribution < 1.29 is 17.6 Å². The van der Waals surface area contributed by atoms with Gasteiger partial charge in [0.15, 0.2) is 0 Å². The fourth-order valence-corrected chi connectivity index (χ4v) is 4.17. The molecule has 1 N–H and O–H groups in total. The van der Waals surface area contributed by atoms with Crippen LogP contribution in [0.1, 0.15) is 42.7 Å². The van der Waals surface area contributed by atoms with Crippen LogP contribution in [0.2, 0.25) is 0 Å². The molecule has 0 aliphatic carbocycles. The van der Waals surface area contributed by atoms with Gasteiger partial charge in [0, 0.05) is 50.9 Å². The Kier molecular flexibility index (Phi) is 7.61. The van der Waals surface area contributed by atoms with Gasteiger partial charge in [0.05, 0.1) is 11.3 Å². The second-order valence-electron chi connectivity index (χ2n) is 9.10. The minimum atomic E-state index is -4.46. The molecule has 1 aliphatic heterocycles. The van der Waals surface area contributed by atoms with Crippen molar-refractivity contribution >= 4 is 17.6 Å². The Morgan fingerprint density at radius 2 is 1.75 bits per heavy atom. The molecule has 1 fully saturated rings. The number of hydrogen-bond donors (Lipinski definition) is 1. The molecular weight excluding hydrogens is 472 g/mol. The van der Waals surface area contributed by atoms with Crippen LogP contribution in [0, 0.1) is 12.7 Å². The van der Waals surface area contributed by atoms with Crippen molar-refractivity contribution in [3.8, 4) is 0 Å². The average Bonchev–Trinajstić information content (AvgIpc) is 2.85. The van der Waals surface area contributed by atoms with Crippen LogP contribution >= 0.6 is 0 Å². The van der Waals surface area contributed by atoms with E-state index in [9.17, 15) is 17.6 Å². The Hall–Kier alpha value is -3.43. The summed E-state index contributed by atoms with van der Waals surface area (Å²) < 4.78 is 54.1. The number of piperazine rings is 1. The van der Waals surface area contributed by atoms with E-state index < -0.39 is 11.7 Å². The number of aryl methyl sites for hydroxylation is 1. The molecule has 0 saturated carbocycles. The largest absolute Gasteiger partial charge is 0.419 e. The molecule has 0 amide bonds. The van der Waals surface area contributed by atoms with Crippen LogP contribution < -0.4 is 15.1 Å². The van der Waals surface area contributed by atoms with Crippen LogP contribution in [-0.4, -0.2) is 47.2 Å². The number of nitrogens with one attached hydrogen (secondary N) is 1. The first-order valence-corrected chi connectivity index (χ1v) is 12.1. The molecule has 0 spiro atoms. The number of rotatable bonds is 7. The van der Waals surface area contributed by atoms with Crippen molar-refractivity contribution in [2.45, 2.75) is 45.8 Å². The lowest BCUT2D eigenvalue weighted by molar-refractivity contribution is -0.137. The van der Waals surface area contributed by atoms with E-state index in [0.29, 0.717) is 49.9 Å². The first-order valence-electron chi connectivity index (χ1n) is 12.1. The van der Waals surface area contributed by atoms with Crippen molar-refractivity contribution in [3.63, 3.8) is 0 Å². The Balaban J connectivity index is 1.56. The predicted octanol–water partition coefficient (Wildman–Crippen LogP) is 5.47. The van der Waals surface area contributed by atoms with Crippen molar-refractivity contribution in [2.24, 2.45) is 0 Å². The third-order valence-corrected chi connectivity index (χ3v) is 6.36. The molecule has 36 heavy (non-hydrogen) atoms. The molecule has 1 unspecified atom stereocenters. The van der Waals surface area contributed by atoms with Crippen molar-refractivity contribution in [1.29, 1.82) is 0 Å². The summed E-state index contributed by atoms with van der Waals surface area (Å²) in [7, 11) is 0. The van der Waals surface area contributed by atoms with Crippen LogP contribution in [0.3, 0.4) is 0 Å². The first-order chi connectivity index (χ1) is 17.1. The van der Waals surface area contributed by atoms with Crippen molar-refractivity contribution in [1.82, 2.24) is 15.0 Å².